The van der Waals surface area contributed by atoms with E-state index in [0.717, 1.165) is 43.1 Å². The summed E-state index contributed by atoms with van der Waals surface area (Å²) in [5, 5.41) is 11.7. The minimum absolute atomic E-state index is 0.0739. The summed E-state index contributed by atoms with van der Waals surface area (Å²) in [6, 6.07) is 14.0. The molecule has 2 aromatic rings. The van der Waals surface area contributed by atoms with E-state index in [9.17, 15) is 13.9 Å². The first-order valence-electron chi connectivity index (χ1n) is 9.34. The molecule has 0 fully saturated rings. The molecule has 0 spiro atoms. The van der Waals surface area contributed by atoms with Crippen molar-refractivity contribution in [2.45, 2.75) is 31.6 Å². The zero-order valence-corrected chi connectivity index (χ0v) is 15.6. The number of alkyl halides is 2. The molecule has 0 aromatic heterocycles. The van der Waals surface area contributed by atoms with Crippen molar-refractivity contribution >= 4 is 11.5 Å². The second-order valence-corrected chi connectivity index (χ2v) is 7.00. The molecule has 28 heavy (non-hydrogen) atoms. The van der Waals surface area contributed by atoms with Crippen LogP contribution in [0.3, 0.4) is 0 Å². The fraction of sp³-hybridized carbons (Fsp3) is 0.381. The summed E-state index contributed by atoms with van der Waals surface area (Å²) in [6.45, 7) is -1.81. The summed E-state index contributed by atoms with van der Waals surface area (Å²) in [5.74, 6) is 1.86. The van der Waals surface area contributed by atoms with E-state index >= 15 is 0 Å². The lowest BCUT2D eigenvalue weighted by Crippen LogP contribution is -2.41. The van der Waals surface area contributed by atoms with Gasteiger partial charge in [0.25, 0.3) is 11.6 Å². The van der Waals surface area contributed by atoms with Gasteiger partial charge in [-0.05, 0) is 49.2 Å². The fourth-order valence-electron chi connectivity index (χ4n) is 4.12. The van der Waals surface area contributed by atoms with Gasteiger partial charge in [-0.15, -0.1) is 0 Å². The molecular formula is C21H23F2N2O3+. The number of hydrogen-bond acceptors (Lipinski definition) is 4. The van der Waals surface area contributed by atoms with Crippen LogP contribution in [0.1, 0.15) is 24.8 Å². The van der Waals surface area contributed by atoms with Crippen molar-refractivity contribution in [3.8, 4) is 11.5 Å². The zero-order valence-electron chi connectivity index (χ0n) is 15.6. The van der Waals surface area contributed by atoms with Gasteiger partial charge in [-0.1, -0.05) is 12.1 Å². The highest BCUT2D eigenvalue weighted by Crippen LogP contribution is 2.39. The molecule has 0 bridgehead atoms. The van der Waals surface area contributed by atoms with Crippen LogP contribution in [0, 0.1) is 0 Å². The van der Waals surface area contributed by atoms with E-state index < -0.39 is 12.3 Å². The van der Waals surface area contributed by atoms with E-state index in [1.165, 1.54) is 12.1 Å². The molecule has 1 N–H and O–H groups in total. The summed E-state index contributed by atoms with van der Waals surface area (Å²) in [4.78, 5) is 2.10. The van der Waals surface area contributed by atoms with Crippen molar-refractivity contribution < 1.29 is 27.9 Å². The second-order valence-electron chi connectivity index (χ2n) is 7.00. The van der Waals surface area contributed by atoms with E-state index in [4.69, 9.17) is 4.74 Å². The Morgan fingerprint density at radius 2 is 1.86 bits per heavy atom. The maximum absolute atomic E-state index is 12.4. The number of benzene rings is 2. The lowest BCUT2D eigenvalue weighted by Gasteiger charge is -2.24. The molecule has 0 saturated heterocycles. The largest absolute Gasteiger partial charge is 0.492 e. The number of aliphatic hydroxyl groups is 1. The monoisotopic (exact) mass is 389 g/mol. The number of rotatable bonds is 5. The Bertz CT molecular complexity index is 885. The van der Waals surface area contributed by atoms with Crippen molar-refractivity contribution in [3.05, 3.63) is 54.1 Å². The maximum Gasteiger partial charge on any atom is 0.387 e. The molecule has 0 aliphatic carbocycles. The van der Waals surface area contributed by atoms with Gasteiger partial charge < -0.3 is 14.6 Å². The number of para-hydroxylation sites is 2. The number of nitrogens with zero attached hydrogens (tertiary/aromatic N) is 2. The Morgan fingerprint density at radius 3 is 2.57 bits per heavy atom. The highest BCUT2D eigenvalue weighted by molar-refractivity contribution is 5.97. The lowest BCUT2D eigenvalue weighted by molar-refractivity contribution is -0.661. The third-order valence-electron chi connectivity index (χ3n) is 5.40. The van der Waals surface area contributed by atoms with Crippen molar-refractivity contribution in [1.29, 1.82) is 0 Å². The molecule has 2 aliphatic rings. The topological polar surface area (TPSA) is 44.9 Å². The second kappa shape index (κ2) is 7.39. The number of ether oxygens (including phenoxy) is 2. The molecule has 5 nitrogen and oxygen atoms in total. The Morgan fingerprint density at radius 1 is 1.11 bits per heavy atom. The molecule has 2 aliphatic heterocycles. The minimum Gasteiger partial charge on any atom is -0.492 e. The van der Waals surface area contributed by atoms with Crippen molar-refractivity contribution in [2.75, 3.05) is 25.1 Å². The Kier molecular flexibility index (Phi) is 4.93. The van der Waals surface area contributed by atoms with Crippen LogP contribution in [-0.2, 0) is 5.72 Å². The Balaban J connectivity index is 1.73. The number of methoxy groups -OCH3 is 1. The molecule has 0 saturated carbocycles. The van der Waals surface area contributed by atoms with E-state index in [1.54, 1.807) is 19.2 Å². The highest BCUT2D eigenvalue weighted by atomic mass is 19.3. The number of halogens is 2. The predicted octanol–water partition coefficient (Wildman–Crippen LogP) is 3.56. The van der Waals surface area contributed by atoms with Crippen LogP contribution in [0.15, 0.2) is 48.5 Å². The number of hydrogen-bond donors (Lipinski definition) is 1. The zero-order chi connectivity index (χ0) is 19.7. The van der Waals surface area contributed by atoms with Crippen molar-refractivity contribution in [2.24, 2.45) is 0 Å². The van der Waals surface area contributed by atoms with Gasteiger partial charge in [-0.3, -0.25) is 0 Å². The average molecular weight is 389 g/mol. The van der Waals surface area contributed by atoms with Gasteiger partial charge in [0.15, 0.2) is 18.0 Å². The van der Waals surface area contributed by atoms with E-state index in [1.807, 2.05) is 28.8 Å². The molecule has 148 valence electrons. The van der Waals surface area contributed by atoms with Crippen LogP contribution in [0.4, 0.5) is 14.5 Å². The van der Waals surface area contributed by atoms with Crippen LogP contribution in [0.5, 0.6) is 11.5 Å². The highest BCUT2D eigenvalue weighted by Gasteiger charge is 2.53. The number of β-amino-alcohol motifs (C(OH)–C–C–N with tert-alkyl or cyclic N) is 1. The van der Waals surface area contributed by atoms with E-state index in [-0.39, 0.29) is 5.75 Å². The Hall–Kier alpha value is -2.67. The summed E-state index contributed by atoms with van der Waals surface area (Å²) in [6.07, 6.45) is 2.89. The summed E-state index contributed by atoms with van der Waals surface area (Å²) < 4.78 is 36.8. The summed E-state index contributed by atoms with van der Waals surface area (Å²) >= 11 is 0. The minimum atomic E-state index is -2.87. The first-order valence-corrected chi connectivity index (χ1v) is 9.34. The number of amidine groups is 1. The standard InChI is InChI=1S/C21H23F2N2O3/c1-27-18-7-3-2-6-17(18)24-14-21(26,25-13-5-4-8-19(24)25)15-9-11-16(12-10-15)28-20(22)23/h2-3,6-7,9-12,20,26H,4-5,8,13-14H2,1H3/q+1/t21-/m1/s1. The molecule has 0 radical (unpaired) electrons. The predicted molar refractivity (Wildman–Crippen MR) is 101 cm³/mol. The lowest BCUT2D eigenvalue weighted by atomic mass is 10.0. The third kappa shape index (κ3) is 3.20. The summed E-state index contributed by atoms with van der Waals surface area (Å²) in [5.41, 5.74) is 0.298. The molecule has 2 aromatic carbocycles. The maximum atomic E-state index is 12.4. The van der Waals surface area contributed by atoms with Crippen LogP contribution in [-0.4, -0.2) is 42.3 Å². The molecule has 0 amide bonds. The van der Waals surface area contributed by atoms with Gasteiger partial charge >= 0.3 is 6.61 Å². The molecule has 1 atom stereocenters. The molecule has 0 unspecified atom stereocenters. The van der Waals surface area contributed by atoms with E-state index in [2.05, 4.69) is 9.64 Å². The summed E-state index contributed by atoms with van der Waals surface area (Å²) in [7, 11) is 1.63. The number of anilines is 1. The SMILES string of the molecule is COc1ccccc1N1C[C@@](O)(c2ccc(OC(F)F)cc2)[N+]2=C1CCCC2. The van der Waals surface area contributed by atoms with Crippen LogP contribution in [0.2, 0.25) is 0 Å². The molecule has 2 heterocycles. The van der Waals surface area contributed by atoms with Crippen LogP contribution < -0.4 is 14.4 Å². The molecule has 7 heteroatoms. The van der Waals surface area contributed by atoms with Gasteiger partial charge in [0.2, 0.25) is 0 Å². The quantitative estimate of drug-likeness (QED) is 0.795. The third-order valence-corrected chi connectivity index (χ3v) is 5.40. The van der Waals surface area contributed by atoms with Gasteiger partial charge in [0, 0.05) is 12.0 Å². The van der Waals surface area contributed by atoms with Crippen molar-refractivity contribution in [3.63, 3.8) is 0 Å². The fourth-order valence-corrected chi connectivity index (χ4v) is 4.12. The van der Waals surface area contributed by atoms with Crippen LogP contribution in [0.25, 0.3) is 0 Å². The Labute approximate surface area is 162 Å². The van der Waals surface area contributed by atoms with Crippen molar-refractivity contribution in [1.82, 2.24) is 0 Å². The molecule has 4 rings (SSSR count). The average Bonchev–Trinajstić information content (AvgIpc) is 3.02. The van der Waals surface area contributed by atoms with Crippen LogP contribution >= 0.6 is 0 Å². The van der Waals surface area contributed by atoms with Gasteiger partial charge in [-0.2, -0.15) is 8.78 Å². The normalized spacial score (nSPS) is 21.8. The smallest absolute Gasteiger partial charge is 0.387 e. The van der Waals surface area contributed by atoms with Gasteiger partial charge in [0.1, 0.15) is 5.75 Å². The van der Waals surface area contributed by atoms with Gasteiger partial charge in [0.05, 0.1) is 13.7 Å². The van der Waals surface area contributed by atoms with Gasteiger partial charge in [-0.25, -0.2) is 9.48 Å². The van der Waals surface area contributed by atoms with E-state index in [0.29, 0.717) is 12.1 Å². The molecular weight excluding hydrogens is 366 g/mol. The first kappa shape index (κ1) is 18.7. The first-order chi connectivity index (χ1) is 13.5.